The molecule has 0 saturated heterocycles. The lowest BCUT2D eigenvalue weighted by Gasteiger charge is -1.99. The molecule has 0 aliphatic heterocycles. The van der Waals surface area contributed by atoms with E-state index in [9.17, 15) is 16.8 Å². The Morgan fingerprint density at radius 1 is 0.568 bits per heavy atom. The third-order valence-electron chi connectivity index (χ3n) is 4.99. The zero-order valence-electron chi connectivity index (χ0n) is 20.2. The van der Waals surface area contributed by atoms with Gasteiger partial charge >= 0.3 is 0 Å². The van der Waals surface area contributed by atoms with E-state index in [1.165, 1.54) is 0 Å². The van der Waals surface area contributed by atoms with Gasteiger partial charge in [0, 0.05) is 24.2 Å². The minimum Gasteiger partial charge on any atom is -0.369 e. The van der Waals surface area contributed by atoms with Crippen molar-refractivity contribution in [2.75, 3.05) is 24.7 Å². The van der Waals surface area contributed by atoms with Crippen molar-refractivity contribution in [2.24, 2.45) is 0 Å². The van der Waals surface area contributed by atoms with Gasteiger partial charge in [-0.05, 0) is 42.8 Å². The molecule has 0 aliphatic carbocycles. The highest BCUT2D eigenvalue weighted by molar-refractivity contribution is 7.92. The van der Waals surface area contributed by atoms with Crippen LogP contribution in [0, 0.1) is 35.5 Å². The van der Waals surface area contributed by atoms with Gasteiger partial charge in [-0.2, -0.15) is 0 Å². The highest BCUT2D eigenvalue weighted by atomic mass is 32.2. The van der Waals surface area contributed by atoms with Gasteiger partial charge in [-0.15, -0.1) is 5.92 Å². The molecule has 0 unspecified atom stereocenters. The summed E-state index contributed by atoms with van der Waals surface area (Å²) < 4.78 is 54.6. The predicted molar refractivity (Wildman–Crippen MR) is 145 cm³/mol. The lowest BCUT2D eigenvalue weighted by molar-refractivity contribution is 0.165. The van der Waals surface area contributed by atoms with Crippen LogP contribution in [0.4, 0.5) is 0 Å². The van der Waals surface area contributed by atoms with E-state index in [1.54, 1.807) is 66.7 Å². The van der Waals surface area contributed by atoms with E-state index >= 15 is 0 Å². The zero-order chi connectivity index (χ0) is 26.4. The molecule has 0 atom stereocenters. The second-order valence-corrected chi connectivity index (χ2v) is 11.8. The molecule has 0 radical (unpaired) electrons. The maximum Gasteiger partial charge on any atom is 0.189 e. The van der Waals surface area contributed by atoms with Crippen LogP contribution in [0.1, 0.15) is 24.0 Å². The Hall–Kier alpha value is -3.80. The van der Waals surface area contributed by atoms with E-state index in [-0.39, 0.29) is 27.9 Å². The molecule has 0 aromatic heterocycles. The summed E-state index contributed by atoms with van der Waals surface area (Å²) >= 11 is 0. The second-order valence-electron chi connectivity index (χ2n) is 7.80. The number of rotatable bonds is 8. The molecule has 0 amide bonds. The Kier molecular flexibility index (Phi) is 10.6. The Morgan fingerprint density at radius 2 is 1.05 bits per heavy atom. The molecule has 3 rings (SSSR count). The predicted octanol–water partition coefficient (Wildman–Crippen LogP) is 4.14. The van der Waals surface area contributed by atoms with E-state index in [2.05, 4.69) is 35.5 Å². The molecule has 37 heavy (non-hydrogen) atoms. The van der Waals surface area contributed by atoms with Gasteiger partial charge in [0.25, 0.3) is 0 Å². The first-order valence-corrected chi connectivity index (χ1v) is 14.8. The number of benzene rings is 3. The second kappa shape index (κ2) is 14.1. The molecule has 0 aliphatic rings. The standard InChI is InChI=1S/C30H26O5S2/c31-36(32,29-19-5-3-6-20-29)25-12-2-1-11-23-35-24-13-17-27-15-9-10-16-28(27)18-14-26-37(33,34)30-21-7-4-8-22-30/h3-10,15-16,19-22H,1,11,23-26H2. The van der Waals surface area contributed by atoms with E-state index in [4.69, 9.17) is 4.74 Å². The molecule has 0 bridgehead atoms. The first kappa shape index (κ1) is 27.8. The first-order chi connectivity index (χ1) is 17.9. The molecule has 0 heterocycles. The minimum absolute atomic E-state index is 0.205. The fraction of sp³-hybridized carbons (Fsp3) is 0.200. The molecule has 3 aromatic rings. The summed E-state index contributed by atoms with van der Waals surface area (Å²) in [5.41, 5.74) is 1.35. The number of unbranched alkanes of at least 4 members (excludes halogenated alkanes) is 1. The molecule has 0 fully saturated rings. The van der Waals surface area contributed by atoms with Crippen LogP contribution in [0.2, 0.25) is 0 Å². The summed E-state index contributed by atoms with van der Waals surface area (Å²) in [7, 11) is -6.85. The van der Waals surface area contributed by atoms with Gasteiger partial charge < -0.3 is 4.74 Å². The van der Waals surface area contributed by atoms with Gasteiger partial charge in [-0.25, -0.2) is 16.8 Å². The van der Waals surface area contributed by atoms with Gasteiger partial charge in [-0.1, -0.05) is 78.1 Å². The molecular formula is C30H26O5S2. The average molecular weight is 531 g/mol. The van der Waals surface area contributed by atoms with Crippen molar-refractivity contribution in [1.82, 2.24) is 0 Å². The average Bonchev–Trinajstić information content (AvgIpc) is 2.91. The van der Waals surface area contributed by atoms with Crippen molar-refractivity contribution in [3.63, 3.8) is 0 Å². The van der Waals surface area contributed by atoms with Crippen molar-refractivity contribution in [3.8, 4) is 35.5 Å². The van der Waals surface area contributed by atoms with Gasteiger partial charge in [0.1, 0.15) is 18.1 Å². The van der Waals surface area contributed by atoms with Crippen molar-refractivity contribution in [3.05, 3.63) is 96.1 Å². The molecule has 0 N–H and O–H groups in total. The topological polar surface area (TPSA) is 77.5 Å². The van der Waals surface area contributed by atoms with Crippen molar-refractivity contribution in [2.45, 2.75) is 22.6 Å². The van der Waals surface area contributed by atoms with Crippen LogP contribution in [0.15, 0.2) is 94.7 Å². The number of hydrogen-bond donors (Lipinski definition) is 0. The third kappa shape index (κ3) is 9.30. The van der Waals surface area contributed by atoms with E-state index in [0.717, 1.165) is 0 Å². The number of hydrogen-bond acceptors (Lipinski definition) is 5. The smallest absolute Gasteiger partial charge is 0.189 e. The van der Waals surface area contributed by atoms with Crippen LogP contribution in [-0.4, -0.2) is 41.6 Å². The van der Waals surface area contributed by atoms with Crippen molar-refractivity contribution in [1.29, 1.82) is 0 Å². The highest BCUT2D eigenvalue weighted by Gasteiger charge is 2.12. The Morgan fingerprint density at radius 3 is 1.62 bits per heavy atom. The summed E-state index contributed by atoms with van der Waals surface area (Å²) in [6.45, 7) is 0.674. The van der Waals surface area contributed by atoms with Crippen LogP contribution in [0.25, 0.3) is 0 Å². The lowest BCUT2D eigenvalue weighted by atomic mass is 10.1. The van der Waals surface area contributed by atoms with Gasteiger partial charge in [0.2, 0.25) is 0 Å². The van der Waals surface area contributed by atoms with Crippen molar-refractivity contribution >= 4 is 19.7 Å². The number of ether oxygens (including phenoxy) is 1. The van der Waals surface area contributed by atoms with Crippen LogP contribution < -0.4 is 0 Å². The summed E-state index contributed by atoms with van der Waals surface area (Å²) in [6, 6.07) is 23.8. The largest absolute Gasteiger partial charge is 0.369 e. The molecule has 0 spiro atoms. The summed E-state index contributed by atoms with van der Waals surface area (Å²) in [6.07, 6.45) is 1.19. The SMILES string of the molecule is O=S(=O)(CC#CCCCOCC#Cc1ccccc1C#CCS(=O)(=O)c1ccccc1)c1ccccc1. The van der Waals surface area contributed by atoms with Crippen LogP contribution in [0.5, 0.6) is 0 Å². The third-order valence-corrected chi connectivity index (χ3v) is 8.02. The fourth-order valence-corrected chi connectivity index (χ4v) is 5.13. The Labute approximate surface area is 219 Å². The van der Waals surface area contributed by atoms with Crippen LogP contribution >= 0.6 is 0 Å². The molecule has 5 nitrogen and oxygen atoms in total. The quantitative estimate of drug-likeness (QED) is 0.323. The fourth-order valence-electron chi connectivity index (χ4n) is 3.10. The molecule has 3 aromatic carbocycles. The minimum atomic E-state index is -3.47. The maximum atomic E-state index is 12.4. The summed E-state index contributed by atoms with van der Waals surface area (Å²) in [4.78, 5) is 0.522. The van der Waals surface area contributed by atoms with Gasteiger partial charge in [0.05, 0.1) is 9.79 Å². The van der Waals surface area contributed by atoms with Crippen molar-refractivity contribution < 1.29 is 21.6 Å². The van der Waals surface area contributed by atoms with Crippen LogP contribution in [-0.2, 0) is 24.4 Å². The summed E-state index contributed by atoms with van der Waals surface area (Å²) in [5.74, 6) is 16.7. The Bertz CT molecular complexity index is 1580. The van der Waals surface area contributed by atoms with Gasteiger partial charge in [-0.3, -0.25) is 0 Å². The molecular weight excluding hydrogens is 504 g/mol. The van der Waals surface area contributed by atoms with Gasteiger partial charge in [0.15, 0.2) is 19.7 Å². The van der Waals surface area contributed by atoms with E-state index in [1.807, 2.05) is 18.2 Å². The maximum absolute atomic E-state index is 12.4. The zero-order valence-corrected chi connectivity index (χ0v) is 21.8. The highest BCUT2D eigenvalue weighted by Crippen LogP contribution is 2.11. The molecule has 0 saturated carbocycles. The molecule has 7 heteroatoms. The lowest BCUT2D eigenvalue weighted by Crippen LogP contribution is -2.04. The summed E-state index contributed by atoms with van der Waals surface area (Å²) in [5, 5.41) is 0. The van der Waals surface area contributed by atoms with E-state index in [0.29, 0.717) is 30.6 Å². The number of sulfone groups is 2. The van der Waals surface area contributed by atoms with E-state index < -0.39 is 19.7 Å². The van der Waals surface area contributed by atoms with Crippen LogP contribution in [0.3, 0.4) is 0 Å². The Balaban J connectivity index is 1.43. The first-order valence-electron chi connectivity index (χ1n) is 11.5. The monoisotopic (exact) mass is 530 g/mol. The normalized spacial score (nSPS) is 10.7. The molecule has 188 valence electrons.